The van der Waals surface area contributed by atoms with E-state index in [9.17, 15) is 0 Å². The molecule has 45 heavy (non-hydrogen) atoms. The average molecular weight is 773 g/mol. The first-order valence-corrected chi connectivity index (χ1v) is 36.5. The quantitative estimate of drug-likeness (QED) is 0.164. The molecule has 2 atom stereocenters. The minimum absolute atomic E-state index is 0.582. The van der Waals surface area contributed by atoms with Gasteiger partial charge < -0.3 is 0 Å². The SMILES string of the molecule is CCc1ccccc1-c1cccc2c1C=C[CH]2[Hf]([CH3])([CH3])([CH]1C=Cc2c(-c3ccccc3CC)cccc21)=[Si](C)C1CCCCC1. The minimum atomic E-state index is -3.90. The molecule has 0 aliphatic heterocycles. The first kappa shape index (κ1) is 31.1. The topological polar surface area (TPSA) is 0 Å². The fourth-order valence-corrected chi connectivity index (χ4v) is 60.0. The van der Waals surface area contributed by atoms with Crippen LogP contribution in [0.25, 0.3) is 34.4 Å². The van der Waals surface area contributed by atoms with Gasteiger partial charge in [-0.05, 0) is 0 Å². The van der Waals surface area contributed by atoms with Crippen molar-refractivity contribution in [3.63, 3.8) is 0 Å². The summed E-state index contributed by atoms with van der Waals surface area (Å²) in [5, 5.41) is 0. The van der Waals surface area contributed by atoms with E-state index in [-0.39, 0.29) is 0 Å². The normalized spacial score (nSPS) is 19.5. The summed E-state index contributed by atoms with van der Waals surface area (Å²) in [4.78, 5) is 0. The molecule has 0 saturated heterocycles. The van der Waals surface area contributed by atoms with E-state index in [2.05, 4.69) is 139 Å². The van der Waals surface area contributed by atoms with Crippen molar-refractivity contribution in [3.8, 4) is 22.3 Å². The summed E-state index contributed by atoms with van der Waals surface area (Å²) in [5.74, 6) is 0. The van der Waals surface area contributed by atoms with Crippen LogP contribution in [0, 0.1) is 0 Å². The van der Waals surface area contributed by atoms with Gasteiger partial charge in [0.1, 0.15) is 0 Å². The van der Waals surface area contributed by atoms with Gasteiger partial charge in [0.05, 0.1) is 0 Å². The Balaban J connectivity index is 1.44. The van der Waals surface area contributed by atoms with Crippen LogP contribution in [0.4, 0.5) is 0 Å². The molecule has 4 aromatic rings. The zero-order chi connectivity index (χ0) is 31.2. The molecule has 4 aromatic carbocycles. The van der Waals surface area contributed by atoms with Crippen molar-refractivity contribution in [2.24, 2.45) is 0 Å². The van der Waals surface area contributed by atoms with Crippen molar-refractivity contribution in [1.29, 1.82) is 0 Å². The third-order valence-electron chi connectivity index (χ3n) is 12.6. The molecule has 0 radical (unpaired) electrons. The molecule has 1 fully saturated rings. The number of fused-ring (bicyclic) bond motifs is 2. The summed E-state index contributed by atoms with van der Waals surface area (Å²) < 4.78 is 7.04. The van der Waals surface area contributed by atoms with Crippen LogP contribution in [-0.4, -0.2) is 5.49 Å². The Morgan fingerprint density at radius 3 is 1.49 bits per heavy atom. The summed E-state index contributed by atoms with van der Waals surface area (Å²) in [6.45, 7) is 7.41. The molecular formula is C43H50HfSi. The Morgan fingerprint density at radius 1 is 0.578 bits per heavy atom. The van der Waals surface area contributed by atoms with Gasteiger partial charge in [0.2, 0.25) is 0 Å². The molecule has 2 heteroatoms. The van der Waals surface area contributed by atoms with Gasteiger partial charge in [0.15, 0.2) is 0 Å². The van der Waals surface area contributed by atoms with Gasteiger partial charge in [-0.3, -0.25) is 0 Å². The average Bonchev–Trinajstić information content (AvgIpc) is 3.75. The Kier molecular flexibility index (Phi) is 8.45. The second-order valence-corrected chi connectivity index (χ2v) is 61.8. The van der Waals surface area contributed by atoms with Crippen molar-refractivity contribution in [2.75, 3.05) is 0 Å². The van der Waals surface area contributed by atoms with Gasteiger partial charge in [-0.2, -0.15) is 0 Å². The Bertz CT molecular complexity index is 1770. The molecule has 2 unspecified atom stereocenters. The Labute approximate surface area is 273 Å². The van der Waals surface area contributed by atoms with Gasteiger partial charge in [-0.1, -0.05) is 0 Å². The summed E-state index contributed by atoms with van der Waals surface area (Å²) >= 11 is -3.90. The molecule has 0 nitrogen and oxygen atoms in total. The molecule has 1 saturated carbocycles. The first-order chi connectivity index (χ1) is 21.9. The molecule has 0 spiro atoms. The van der Waals surface area contributed by atoms with Crippen molar-refractivity contribution >= 4 is 17.6 Å². The molecule has 7 rings (SSSR count). The molecule has 3 aliphatic rings. The van der Waals surface area contributed by atoms with Gasteiger partial charge in [0.25, 0.3) is 0 Å². The summed E-state index contributed by atoms with van der Waals surface area (Å²) in [6, 6.07) is 32.7. The molecule has 0 heterocycles. The Morgan fingerprint density at radius 2 is 1.02 bits per heavy atom. The van der Waals surface area contributed by atoms with E-state index in [1.807, 2.05) is 0 Å². The third kappa shape index (κ3) is 5.01. The van der Waals surface area contributed by atoms with E-state index in [1.54, 1.807) is 11.1 Å². The third-order valence-corrected chi connectivity index (χ3v) is 70.6. The fraction of sp³-hybridized carbons (Fsp3) is 0.349. The number of allylic oxidation sites excluding steroid dienone is 2. The van der Waals surface area contributed by atoms with Crippen LogP contribution in [0.3, 0.4) is 0 Å². The second kappa shape index (κ2) is 12.2. The van der Waals surface area contributed by atoms with Crippen molar-refractivity contribution in [1.82, 2.24) is 0 Å². The maximum atomic E-state index is 2.94. The van der Waals surface area contributed by atoms with Crippen LogP contribution in [0.1, 0.15) is 86.7 Å². The van der Waals surface area contributed by atoms with Crippen molar-refractivity contribution in [3.05, 3.63) is 130 Å². The standard InChI is InChI=1S/2C17H15.C7H14Si.2CH3.Hf/c2*1-2-13-7-3-4-10-15(13)17-12-6-9-14-8-5-11-16(14)17;1-8-7-5-3-2-4-6-7;;;/h2*3-12H,2H2,1H3;7H,2-6H2,1H3;2*1H3;. The predicted molar refractivity (Wildman–Crippen MR) is 196 cm³/mol. The van der Waals surface area contributed by atoms with Crippen LogP contribution < -0.4 is 0 Å². The van der Waals surface area contributed by atoms with Crippen molar-refractivity contribution in [2.45, 2.75) is 87.6 Å². The summed E-state index contributed by atoms with van der Waals surface area (Å²) in [5.41, 5.74) is 15.2. The number of rotatable bonds is 7. The van der Waals surface area contributed by atoms with Crippen LogP contribution in [0.15, 0.2) is 97.1 Å². The molecule has 0 N–H and O–H groups in total. The number of aryl methyl sites for hydroxylation is 2. The van der Waals surface area contributed by atoms with E-state index in [1.165, 1.54) is 76.6 Å². The second-order valence-electron chi connectivity index (χ2n) is 14.9. The number of benzene rings is 4. The summed E-state index contributed by atoms with van der Waals surface area (Å²) in [6.07, 6.45) is 19.9. The Hall–Kier alpha value is -2.55. The van der Waals surface area contributed by atoms with E-state index in [0.29, 0.717) is 7.35 Å². The summed E-state index contributed by atoms with van der Waals surface area (Å²) in [7, 11) is 0. The van der Waals surface area contributed by atoms with Gasteiger partial charge >= 0.3 is 275 Å². The van der Waals surface area contributed by atoms with Gasteiger partial charge in [-0.15, -0.1) is 0 Å². The molecule has 0 bridgehead atoms. The maximum absolute atomic E-state index is 3.90. The van der Waals surface area contributed by atoms with E-state index < -0.39 is 22.6 Å². The molecule has 0 aromatic heterocycles. The fourth-order valence-electron chi connectivity index (χ4n) is 9.74. The number of hydrogen-bond donors (Lipinski definition) is 0. The van der Waals surface area contributed by atoms with Crippen LogP contribution in [0.5, 0.6) is 0 Å². The predicted octanol–water partition coefficient (Wildman–Crippen LogP) is 12.7. The molecule has 230 valence electrons. The molecule has 3 aliphatic carbocycles. The first-order valence-electron chi connectivity index (χ1n) is 17.7. The number of hydrogen-bond acceptors (Lipinski definition) is 0. The van der Waals surface area contributed by atoms with E-state index >= 15 is 0 Å². The zero-order valence-corrected chi connectivity index (χ0v) is 32.7. The monoisotopic (exact) mass is 774 g/mol. The molecule has 0 amide bonds. The van der Waals surface area contributed by atoms with E-state index in [0.717, 1.165) is 18.4 Å². The van der Waals surface area contributed by atoms with Crippen LogP contribution in [0.2, 0.25) is 21.4 Å². The van der Waals surface area contributed by atoms with E-state index in [4.69, 9.17) is 0 Å². The zero-order valence-electron chi connectivity index (χ0n) is 28.1. The van der Waals surface area contributed by atoms with Crippen LogP contribution in [-0.2, 0) is 30.0 Å². The van der Waals surface area contributed by atoms with Gasteiger partial charge in [-0.25, -0.2) is 0 Å². The van der Waals surface area contributed by atoms with Crippen LogP contribution >= 0.6 is 0 Å². The van der Waals surface area contributed by atoms with Gasteiger partial charge in [0, 0.05) is 0 Å². The molecular weight excluding hydrogens is 723 g/mol. The van der Waals surface area contributed by atoms with Crippen molar-refractivity contribution < 1.29 is 17.1 Å².